The molecule has 1 N–H and O–H groups in total. The Bertz CT molecular complexity index is 547. The Balaban J connectivity index is 2.63. The Kier molecular flexibility index (Phi) is 2.52. The Labute approximate surface area is 93.9 Å². The average molecular weight is 215 g/mol. The van der Waals surface area contributed by atoms with Crippen molar-refractivity contribution in [2.24, 2.45) is 0 Å². The highest BCUT2D eigenvalue weighted by Gasteiger charge is 2.13. The molecule has 1 amide bonds. The van der Waals surface area contributed by atoms with Gasteiger partial charge in [0.25, 0.3) is 5.91 Å². The Morgan fingerprint density at radius 3 is 2.25 bits per heavy atom. The van der Waals surface area contributed by atoms with Crippen LogP contribution in [0, 0.1) is 0 Å². The molecule has 0 saturated heterocycles. The lowest BCUT2D eigenvalue weighted by Crippen LogP contribution is -2.21. The minimum Gasteiger partial charge on any atom is -0.507 e. The molecule has 0 unspecified atom stereocenters. The number of aromatic hydroxyl groups is 1. The summed E-state index contributed by atoms with van der Waals surface area (Å²) in [5.74, 6) is -0.166. The summed E-state index contributed by atoms with van der Waals surface area (Å²) < 4.78 is 0. The fourth-order valence-corrected chi connectivity index (χ4v) is 1.64. The van der Waals surface area contributed by atoms with Crippen molar-refractivity contribution >= 4 is 16.7 Å². The highest BCUT2D eigenvalue weighted by atomic mass is 16.3. The summed E-state index contributed by atoms with van der Waals surface area (Å²) in [6, 6.07) is 11.0. The topological polar surface area (TPSA) is 40.5 Å². The van der Waals surface area contributed by atoms with E-state index in [0.717, 1.165) is 10.8 Å². The number of phenols is 1. The highest BCUT2D eigenvalue weighted by Crippen LogP contribution is 2.25. The quantitative estimate of drug-likeness (QED) is 0.792. The first kappa shape index (κ1) is 10.5. The summed E-state index contributed by atoms with van der Waals surface area (Å²) in [5.41, 5.74) is 0.337. The number of hydrogen-bond donors (Lipinski definition) is 1. The number of amides is 1. The fraction of sp³-hybridized carbons (Fsp3) is 0.154. The van der Waals surface area contributed by atoms with Crippen LogP contribution in [0.15, 0.2) is 36.4 Å². The minimum atomic E-state index is -0.191. The molecule has 0 bridgehead atoms. The van der Waals surface area contributed by atoms with E-state index in [9.17, 15) is 9.90 Å². The predicted molar refractivity (Wildman–Crippen MR) is 63.6 cm³/mol. The molecule has 0 fully saturated rings. The SMILES string of the molecule is CN(C)C(=O)c1cc2ccccc2cc1O. The van der Waals surface area contributed by atoms with Crippen molar-refractivity contribution < 1.29 is 9.90 Å². The van der Waals surface area contributed by atoms with Crippen LogP contribution in [0.4, 0.5) is 0 Å². The van der Waals surface area contributed by atoms with Crippen LogP contribution in [-0.2, 0) is 0 Å². The molecule has 0 heterocycles. The molecule has 82 valence electrons. The summed E-state index contributed by atoms with van der Waals surface area (Å²) in [5, 5.41) is 11.7. The first-order valence-electron chi connectivity index (χ1n) is 5.03. The van der Waals surface area contributed by atoms with Gasteiger partial charge in [-0.15, -0.1) is 0 Å². The second-order valence-corrected chi connectivity index (χ2v) is 3.92. The van der Waals surface area contributed by atoms with E-state index in [1.165, 1.54) is 4.90 Å². The molecule has 0 aliphatic carbocycles. The van der Waals surface area contributed by atoms with Gasteiger partial charge in [0, 0.05) is 14.1 Å². The van der Waals surface area contributed by atoms with Gasteiger partial charge in [0.15, 0.2) is 0 Å². The van der Waals surface area contributed by atoms with Crippen molar-refractivity contribution in [2.45, 2.75) is 0 Å². The van der Waals surface area contributed by atoms with E-state index < -0.39 is 0 Å². The lowest BCUT2D eigenvalue weighted by Gasteiger charge is -2.12. The predicted octanol–water partition coefficient (Wildman–Crippen LogP) is 2.25. The van der Waals surface area contributed by atoms with Gasteiger partial charge < -0.3 is 10.0 Å². The fourth-order valence-electron chi connectivity index (χ4n) is 1.64. The molecule has 0 atom stereocenters. The van der Waals surface area contributed by atoms with E-state index in [2.05, 4.69) is 0 Å². The largest absolute Gasteiger partial charge is 0.507 e. The van der Waals surface area contributed by atoms with E-state index in [-0.39, 0.29) is 11.7 Å². The van der Waals surface area contributed by atoms with Gasteiger partial charge in [-0.2, -0.15) is 0 Å². The van der Waals surface area contributed by atoms with Crippen LogP contribution in [0.3, 0.4) is 0 Å². The summed E-state index contributed by atoms with van der Waals surface area (Å²) >= 11 is 0. The van der Waals surface area contributed by atoms with Gasteiger partial charge in [-0.3, -0.25) is 4.79 Å². The molecule has 3 heteroatoms. The zero-order valence-corrected chi connectivity index (χ0v) is 9.27. The van der Waals surface area contributed by atoms with Crippen LogP contribution < -0.4 is 0 Å². The number of fused-ring (bicyclic) bond motifs is 1. The maximum Gasteiger partial charge on any atom is 0.257 e. The van der Waals surface area contributed by atoms with E-state index in [1.54, 1.807) is 26.2 Å². The monoisotopic (exact) mass is 215 g/mol. The first-order valence-corrected chi connectivity index (χ1v) is 5.03. The molecule has 0 spiro atoms. The van der Waals surface area contributed by atoms with Crippen LogP contribution in [0.1, 0.15) is 10.4 Å². The first-order chi connectivity index (χ1) is 7.59. The van der Waals surface area contributed by atoms with Crippen molar-refractivity contribution in [3.8, 4) is 5.75 Å². The molecule has 0 saturated carbocycles. The standard InChI is InChI=1S/C13H13NO2/c1-14(2)13(16)11-7-9-5-3-4-6-10(9)8-12(11)15/h3-8,15H,1-2H3. The van der Waals surface area contributed by atoms with Gasteiger partial charge in [-0.05, 0) is 22.9 Å². The summed E-state index contributed by atoms with van der Waals surface area (Å²) in [7, 11) is 3.33. The van der Waals surface area contributed by atoms with Crippen molar-refractivity contribution in [2.75, 3.05) is 14.1 Å². The van der Waals surface area contributed by atoms with Crippen LogP contribution in [0.5, 0.6) is 5.75 Å². The number of nitrogens with zero attached hydrogens (tertiary/aromatic N) is 1. The zero-order valence-electron chi connectivity index (χ0n) is 9.27. The molecule has 0 aliphatic heterocycles. The number of carbonyl (C=O) groups is 1. The normalized spacial score (nSPS) is 10.4. The zero-order chi connectivity index (χ0) is 11.7. The molecule has 2 rings (SSSR count). The molecular formula is C13H13NO2. The van der Waals surface area contributed by atoms with Crippen LogP contribution in [0.2, 0.25) is 0 Å². The Morgan fingerprint density at radius 2 is 1.69 bits per heavy atom. The summed E-state index contributed by atoms with van der Waals surface area (Å²) in [4.78, 5) is 13.2. The third-order valence-corrected chi connectivity index (χ3v) is 2.50. The van der Waals surface area contributed by atoms with Crippen molar-refractivity contribution in [1.82, 2.24) is 4.90 Å². The van der Waals surface area contributed by atoms with Gasteiger partial charge >= 0.3 is 0 Å². The Morgan fingerprint density at radius 1 is 1.12 bits per heavy atom. The van der Waals surface area contributed by atoms with Gasteiger partial charge in [0.05, 0.1) is 5.56 Å². The summed E-state index contributed by atoms with van der Waals surface area (Å²) in [6.07, 6.45) is 0. The number of phenolic OH excluding ortho intramolecular Hbond substituents is 1. The molecule has 16 heavy (non-hydrogen) atoms. The molecule has 2 aromatic rings. The maximum atomic E-state index is 11.8. The van der Waals surface area contributed by atoms with E-state index >= 15 is 0 Å². The van der Waals surface area contributed by atoms with Gasteiger partial charge in [0.1, 0.15) is 5.75 Å². The minimum absolute atomic E-state index is 0.0254. The van der Waals surface area contributed by atoms with Crippen LogP contribution in [-0.4, -0.2) is 30.0 Å². The number of carbonyl (C=O) groups excluding carboxylic acids is 1. The van der Waals surface area contributed by atoms with Gasteiger partial charge in [0.2, 0.25) is 0 Å². The molecule has 0 aromatic heterocycles. The van der Waals surface area contributed by atoms with Crippen LogP contribution >= 0.6 is 0 Å². The molecule has 0 aliphatic rings. The van der Waals surface area contributed by atoms with Crippen molar-refractivity contribution in [1.29, 1.82) is 0 Å². The van der Waals surface area contributed by atoms with Gasteiger partial charge in [-0.1, -0.05) is 24.3 Å². The third-order valence-electron chi connectivity index (χ3n) is 2.50. The van der Waals surface area contributed by atoms with Crippen molar-refractivity contribution in [3.63, 3.8) is 0 Å². The smallest absolute Gasteiger partial charge is 0.257 e. The van der Waals surface area contributed by atoms with E-state index in [1.807, 2.05) is 24.3 Å². The van der Waals surface area contributed by atoms with Crippen molar-refractivity contribution in [3.05, 3.63) is 42.0 Å². The second kappa shape index (κ2) is 3.85. The number of rotatable bonds is 1. The van der Waals surface area contributed by atoms with Crippen LogP contribution in [0.25, 0.3) is 10.8 Å². The maximum absolute atomic E-state index is 11.8. The lowest BCUT2D eigenvalue weighted by atomic mass is 10.1. The number of hydrogen-bond acceptors (Lipinski definition) is 2. The average Bonchev–Trinajstić information content (AvgIpc) is 2.27. The second-order valence-electron chi connectivity index (χ2n) is 3.92. The van der Waals surface area contributed by atoms with E-state index in [0.29, 0.717) is 5.56 Å². The molecular weight excluding hydrogens is 202 g/mol. The third kappa shape index (κ3) is 1.72. The number of benzene rings is 2. The van der Waals surface area contributed by atoms with Gasteiger partial charge in [-0.25, -0.2) is 0 Å². The lowest BCUT2D eigenvalue weighted by molar-refractivity contribution is 0.0825. The Hall–Kier alpha value is -2.03. The molecule has 2 aromatic carbocycles. The highest BCUT2D eigenvalue weighted by molar-refractivity contribution is 6.01. The molecule has 3 nitrogen and oxygen atoms in total. The molecule has 0 radical (unpaired) electrons. The van der Waals surface area contributed by atoms with E-state index in [4.69, 9.17) is 0 Å². The summed E-state index contributed by atoms with van der Waals surface area (Å²) in [6.45, 7) is 0.